The van der Waals surface area contributed by atoms with Crippen molar-refractivity contribution in [3.8, 4) is 0 Å². The molecule has 2 atom stereocenters. The third-order valence-electron chi connectivity index (χ3n) is 5.51. The summed E-state index contributed by atoms with van der Waals surface area (Å²) in [5.74, 6) is 0.823. The molecule has 2 bridgehead atoms. The number of amides is 1. The first-order chi connectivity index (χ1) is 12.1. The minimum atomic E-state index is 0.0236. The van der Waals surface area contributed by atoms with Crippen molar-refractivity contribution in [1.82, 2.24) is 24.6 Å². The van der Waals surface area contributed by atoms with Crippen molar-refractivity contribution < 1.29 is 4.79 Å². The van der Waals surface area contributed by atoms with E-state index in [1.807, 2.05) is 49.3 Å². The van der Waals surface area contributed by atoms with Crippen molar-refractivity contribution >= 4 is 16.8 Å². The van der Waals surface area contributed by atoms with Crippen molar-refractivity contribution in [1.29, 1.82) is 0 Å². The lowest BCUT2D eigenvalue weighted by Gasteiger charge is -2.35. The topological polar surface area (TPSA) is 63.9 Å². The number of aryl methyl sites for hydroxylation is 2. The largest absolute Gasteiger partial charge is 0.327 e. The molecule has 1 saturated heterocycles. The minimum absolute atomic E-state index is 0.0236. The third-order valence-corrected chi connectivity index (χ3v) is 5.51. The number of benzene rings is 1. The van der Waals surface area contributed by atoms with E-state index in [1.165, 1.54) is 0 Å². The number of aromatic nitrogens is 4. The zero-order valence-corrected chi connectivity index (χ0v) is 14.3. The lowest BCUT2D eigenvalue weighted by molar-refractivity contribution is 0.0638. The minimum Gasteiger partial charge on any atom is -0.327 e. The number of hydrogen-bond acceptors (Lipinski definition) is 4. The summed E-state index contributed by atoms with van der Waals surface area (Å²) < 4.78 is 1.79. The lowest BCUT2D eigenvalue weighted by atomic mass is 9.98. The standard InChI is InChI=1S/C19H19N5O/c1-11-20-10-14-15(21-11)9-12-7-8-17(14)24(12)19(25)18-13-5-3-4-6-16(13)23(2)22-18/h3-6,10,12,17H,7-9H2,1-2H3. The molecule has 4 heterocycles. The molecule has 2 aliphatic rings. The highest BCUT2D eigenvalue weighted by atomic mass is 16.2. The van der Waals surface area contributed by atoms with E-state index < -0.39 is 0 Å². The molecule has 3 aromatic rings. The fourth-order valence-corrected chi connectivity index (χ4v) is 4.38. The molecule has 0 aliphatic carbocycles. The maximum atomic E-state index is 13.4. The van der Waals surface area contributed by atoms with E-state index in [0.717, 1.165) is 47.2 Å². The van der Waals surface area contributed by atoms with E-state index in [2.05, 4.69) is 15.1 Å². The summed E-state index contributed by atoms with van der Waals surface area (Å²) in [6.07, 6.45) is 4.70. The van der Waals surface area contributed by atoms with E-state index >= 15 is 0 Å². The molecule has 0 saturated carbocycles. The second-order valence-corrected chi connectivity index (χ2v) is 6.97. The summed E-state index contributed by atoms with van der Waals surface area (Å²) in [6.45, 7) is 1.92. The predicted octanol–water partition coefficient (Wildman–Crippen LogP) is 2.57. The molecule has 0 radical (unpaired) electrons. The molecule has 0 N–H and O–H groups in total. The zero-order valence-electron chi connectivity index (χ0n) is 14.3. The third kappa shape index (κ3) is 2.03. The van der Waals surface area contributed by atoms with Crippen molar-refractivity contribution in [2.75, 3.05) is 0 Å². The first kappa shape index (κ1) is 14.6. The van der Waals surface area contributed by atoms with Crippen LogP contribution in [0.3, 0.4) is 0 Å². The highest BCUT2D eigenvalue weighted by Crippen LogP contribution is 2.43. The molecule has 2 aromatic heterocycles. The van der Waals surface area contributed by atoms with Crippen LogP contribution in [0, 0.1) is 6.92 Å². The van der Waals surface area contributed by atoms with Gasteiger partial charge in [-0.25, -0.2) is 9.97 Å². The molecule has 1 fully saturated rings. The maximum Gasteiger partial charge on any atom is 0.275 e. The van der Waals surface area contributed by atoms with Crippen LogP contribution in [0.2, 0.25) is 0 Å². The number of hydrogen-bond donors (Lipinski definition) is 0. The highest BCUT2D eigenvalue weighted by Gasteiger charge is 2.44. The van der Waals surface area contributed by atoms with E-state index in [-0.39, 0.29) is 18.0 Å². The van der Waals surface area contributed by atoms with Gasteiger partial charge in [-0.3, -0.25) is 9.48 Å². The Morgan fingerprint density at radius 1 is 1.24 bits per heavy atom. The van der Waals surface area contributed by atoms with Crippen LogP contribution in [-0.2, 0) is 13.5 Å². The SMILES string of the molecule is Cc1ncc2c(n1)CC1CCC2N1C(=O)c1nn(C)c2ccccc12. The van der Waals surface area contributed by atoms with Gasteiger partial charge in [0.2, 0.25) is 0 Å². The molecule has 2 unspecified atom stereocenters. The van der Waals surface area contributed by atoms with Gasteiger partial charge in [0.1, 0.15) is 5.82 Å². The van der Waals surface area contributed by atoms with E-state index in [0.29, 0.717) is 5.69 Å². The van der Waals surface area contributed by atoms with E-state index in [9.17, 15) is 4.79 Å². The summed E-state index contributed by atoms with van der Waals surface area (Å²) >= 11 is 0. The van der Waals surface area contributed by atoms with Crippen molar-refractivity contribution in [3.05, 3.63) is 53.2 Å². The van der Waals surface area contributed by atoms with Crippen molar-refractivity contribution in [2.45, 2.75) is 38.3 Å². The van der Waals surface area contributed by atoms with Crippen LogP contribution in [0.1, 0.15) is 46.5 Å². The van der Waals surface area contributed by atoms with Crippen LogP contribution in [0.15, 0.2) is 30.5 Å². The summed E-state index contributed by atoms with van der Waals surface area (Å²) in [6, 6.07) is 8.18. The van der Waals surface area contributed by atoms with Gasteiger partial charge >= 0.3 is 0 Å². The number of fused-ring (bicyclic) bond motifs is 5. The summed E-state index contributed by atoms with van der Waals surface area (Å²) in [5, 5.41) is 5.44. The molecule has 1 amide bonds. The molecule has 1 aromatic carbocycles. The average Bonchev–Trinajstić information content (AvgIpc) is 3.11. The van der Waals surface area contributed by atoms with Gasteiger partial charge in [-0.1, -0.05) is 18.2 Å². The molecule has 2 aliphatic heterocycles. The molecular weight excluding hydrogens is 314 g/mol. The molecule has 0 spiro atoms. The second kappa shape index (κ2) is 5.12. The van der Waals surface area contributed by atoms with Crippen LogP contribution in [-0.4, -0.2) is 36.6 Å². The van der Waals surface area contributed by atoms with Crippen molar-refractivity contribution in [2.24, 2.45) is 7.05 Å². The Hall–Kier alpha value is -2.76. The van der Waals surface area contributed by atoms with Crippen LogP contribution in [0.4, 0.5) is 0 Å². The number of rotatable bonds is 1. The monoisotopic (exact) mass is 333 g/mol. The Bertz CT molecular complexity index is 1010. The van der Waals surface area contributed by atoms with Gasteiger partial charge in [-0.15, -0.1) is 0 Å². The second-order valence-electron chi connectivity index (χ2n) is 6.97. The lowest BCUT2D eigenvalue weighted by Crippen LogP contribution is -2.42. The van der Waals surface area contributed by atoms with Gasteiger partial charge in [-0.2, -0.15) is 5.10 Å². The smallest absolute Gasteiger partial charge is 0.275 e. The Kier molecular flexibility index (Phi) is 2.98. The first-order valence-corrected chi connectivity index (χ1v) is 8.70. The Morgan fingerprint density at radius 2 is 2.08 bits per heavy atom. The fourth-order valence-electron chi connectivity index (χ4n) is 4.38. The number of para-hydroxylation sites is 1. The Balaban J connectivity index is 1.59. The molecule has 6 heteroatoms. The van der Waals surface area contributed by atoms with Gasteiger partial charge in [0.05, 0.1) is 17.3 Å². The first-order valence-electron chi connectivity index (χ1n) is 8.70. The van der Waals surface area contributed by atoms with Gasteiger partial charge in [0.15, 0.2) is 5.69 Å². The number of nitrogens with zero attached hydrogens (tertiary/aromatic N) is 5. The van der Waals surface area contributed by atoms with Crippen LogP contribution in [0.25, 0.3) is 10.9 Å². The van der Waals surface area contributed by atoms with Crippen LogP contribution < -0.4 is 0 Å². The van der Waals surface area contributed by atoms with E-state index in [4.69, 9.17) is 0 Å². The summed E-state index contributed by atoms with van der Waals surface area (Å²) in [5.41, 5.74) is 3.74. The molecule has 6 nitrogen and oxygen atoms in total. The van der Waals surface area contributed by atoms with Gasteiger partial charge in [-0.05, 0) is 25.8 Å². The molecule has 25 heavy (non-hydrogen) atoms. The Labute approximate surface area is 145 Å². The molecule has 5 rings (SSSR count). The molecular formula is C19H19N5O. The summed E-state index contributed by atoms with van der Waals surface area (Å²) in [7, 11) is 1.88. The highest BCUT2D eigenvalue weighted by molar-refractivity contribution is 6.05. The van der Waals surface area contributed by atoms with Gasteiger partial charge < -0.3 is 4.90 Å². The van der Waals surface area contributed by atoms with E-state index in [1.54, 1.807) is 4.68 Å². The number of carbonyl (C=O) groups excluding carboxylic acids is 1. The maximum absolute atomic E-state index is 13.4. The number of carbonyl (C=O) groups is 1. The quantitative estimate of drug-likeness (QED) is 0.686. The van der Waals surface area contributed by atoms with Gasteiger partial charge in [0.25, 0.3) is 5.91 Å². The van der Waals surface area contributed by atoms with Crippen molar-refractivity contribution in [3.63, 3.8) is 0 Å². The van der Waals surface area contributed by atoms with Crippen LogP contribution in [0.5, 0.6) is 0 Å². The molecule has 126 valence electrons. The summed E-state index contributed by atoms with van der Waals surface area (Å²) in [4.78, 5) is 24.4. The predicted molar refractivity (Wildman–Crippen MR) is 93.1 cm³/mol. The van der Waals surface area contributed by atoms with Crippen LogP contribution >= 0.6 is 0 Å². The fraction of sp³-hybridized carbons (Fsp3) is 0.368. The van der Waals surface area contributed by atoms with Gasteiger partial charge in [0, 0.05) is 36.7 Å². The zero-order chi connectivity index (χ0) is 17.1. The Morgan fingerprint density at radius 3 is 2.96 bits per heavy atom. The normalized spacial score (nSPS) is 21.6. The average molecular weight is 333 g/mol.